The summed E-state index contributed by atoms with van der Waals surface area (Å²) in [6.07, 6.45) is 6.30. The Bertz CT molecular complexity index is 862. The molecule has 2 N–H and O–H groups in total. The second-order valence-electron chi connectivity index (χ2n) is 5.86. The molecule has 0 fully saturated rings. The number of amides is 2. The van der Waals surface area contributed by atoms with E-state index >= 15 is 0 Å². The van der Waals surface area contributed by atoms with E-state index in [-0.39, 0.29) is 11.8 Å². The zero-order chi connectivity index (χ0) is 18.5. The molecule has 0 spiro atoms. The number of pyridine rings is 2. The molecule has 1 aromatic carbocycles. The molecular weight excluding hydrogens is 328 g/mol. The third-order valence-electron chi connectivity index (χ3n) is 3.95. The van der Waals surface area contributed by atoms with Crippen LogP contribution in [0.25, 0.3) is 0 Å². The smallest absolute Gasteiger partial charge is 0.255 e. The van der Waals surface area contributed by atoms with Gasteiger partial charge in [-0.15, -0.1) is 0 Å². The molecule has 0 aliphatic carbocycles. The van der Waals surface area contributed by atoms with E-state index in [9.17, 15) is 9.59 Å². The van der Waals surface area contributed by atoms with E-state index in [1.807, 2.05) is 26.0 Å². The summed E-state index contributed by atoms with van der Waals surface area (Å²) < 4.78 is 0. The largest absolute Gasteiger partial charge is 0.322 e. The molecule has 2 heterocycles. The van der Waals surface area contributed by atoms with Gasteiger partial charge in [-0.25, -0.2) is 0 Å². The normalized spacial score (nSPS) is 10.2. The van der Waals surface area contributed by atoms with Crippen molar-refractivity contribution < 1.29 is 9.59 Å². The summed E-state index contributed by atoms with van der Waals surface area (Å²) in [5.74, 6) is -0.410. The lowest BCUT2D eigenvalue weighted by molar-refractivity contribution is 0.101. The number of carbonyl (C=O) groups excluding carboxylic acids is 2. The maximum Gasteiger partial charge on any atom is 0.255 e. The number of anilines is 2. The van der Waals surface area contributed by atoms with Crippen molar-refractivity contribution in [3.63, 3.8) is 0 Å². The van der Waals surface area contributed by atoms with Gasteiger partial charge in [-0.05, 0) is 61.4 Å². The first-order chi connectivity index (χ1) is 12.5. The molecule has 0 saturated carbocycles. The Morgan fingerprint density at radius 1 is 0.692 bits per heavy atom. The Hall–Kier alpha value is -3.54. The molecule has 2 aromatic heterocycles. The van der Waals surface area contributed by atoms with Gasteiger partial charge in [-0.1, -0.05) is 0 Å². The number of nitrogens with zero attached hydrogens (tertiary/aromatic N) is 2. The second kappa shape index (κ2) is 7.57. The summed E-state index contributed by atoms with van der Waals surface area (Å²) in [5.41, 5.74) is 4.17. The lowest BCUT2D eigenvalue weighted by atomic mass is 10.1. The average Bonchev–Trinajstić information content (AvgIpc) is 2.67. The van der Waals surface area contributed by atoms with Crippen molar-refractivity contribution in [3.05, 3.63) is 83.4 Å². The molecule has 0 atom stereocenters. The molecule has 3 rings (SSSR count). The molecule has 3 aromatic rings. The van der Waals surface area contributed by atoms with E-state index < -0.39 is 0 Å². The predicted octanol–water partition coefficient (Wildman–Crippen LogP) is 3.60. The molecule has 0 radical (unpaired) electrons. The van der Waals surface area contributed by atoms with Crippen LogP contribution in [-0.4, -0.2) is 21.8 Å². The molecule has 0 unspecified atom stereocenters. The minimum absolute atomic E-state index is 0.205. The number of hydrogen-bond acceptors (Lipinski definition) is 4. The van der Waals surface area contributed by atoms with E-state index in [2.05, 4.69) is 20.6 Å². The number of benzene rings is 1. The van der Waals surface area contributed by atoms with Gasteiger partial charge in [0.25, 0.3) is 11.8 Å². The van der Waals surface area contributed by atoms with Gasteiger partial charge in [0, 0.05) is 47.3 Å². The first-order valence-electron chi connectivity index (χ1n) is 8.08. The van der Waals surface area contributed by atoms with Crippen LogP contribution in [0.4, 0.5) is 11.4 Å². The van der Waals surface area contributed by atoms with Gasteiger partial charge < -0.3 is 10.6 Å². The highest BCUT2D eigenvalue weighted by molar-refractivity contribution is 6.06. The van der Waals surface area contributed by atoms with Crippen molar-refractivity contribution >= 4 is 23.2 Å². The summed E-state index contributed by atoms with van der Waals surface area (Å²) in [5, 5.41) is 5.78. The van der Waals surface area contributed by atoms with Crippen LogP contribution in [0.5, 0.6) is 0 Å². The van der Waals surface area contributed by atoms with Crippen LogP contribution in [0, 0.1) is 13.8 Å². The van der Waals surface area contributed by atoms with Crippen LogP contribution in [0.2, 0.25) is 0 Å². The Kier molecular flexibility index (Phi) is 5.03. The zero-order valence-corrected chi connectivity index (χ0v) is 14.5. The van der Waals surface area contributed by atoms with Gasteiger partial charge in [-0.2, -0.15) is 0 Å². The first kappa shape index (κ1) is 17.3. The SMILES string of the molecule is Cc1cc(NC(=O)c2ccncc2)c(C)cc1NC(=O)c1ccncc1. The molecule has 130 valence electrons. The molecule has 0 bridgehead atoms. The zero-order valence-electron chi connectivity index (χ0n) is 14.5. The summed E-state index contributed by atoms with van der Waals surface area (Å²) in [4.78, 5) is 32.4. The standard InChI is InChI=1S/C20H18N4O2/c1-13-11-18(24-20(26)16-5-9-22-10-6-16)14(2)12-17(13)23-19(25)15-3-7-21-8-4-15/h3-12H,1-2H3,(H,23,25)(H,24,26). The molecular formula is C20H18N4O2. The maximum atomic E-state index is 12.3. The van der Waals surface area contributed by atoms with Crippen molar-refractivity contribution in [2.45, 2.75) is 13.8 Å². The molecule has 0 saturated heterocycles. The Labute approximate surface area is 151 Å². The Morgan fingerprint density at radius 3 is 1.38 bits per heavy atom. The molecule has 6 nitrogen and oxygen atoms in total. The van der Waals surface area contributed by atoms with Gasteiger partial charge >= 0.3 is 0 Å². The second-order valence-corrected chi connectivity index (χ2v) is 5.86. The molecule has 26 heavy (non-hydrogen) atoms. The van der Waals surface area contributed by atoms with Crippen molar-refractivity contribution in [1.82, 2.24) is 9.97 Å². The highest BCUT2D eigenvalue weighted by Crippen LogP contribution is 2.25. The fraction of sp³-hybridized carbons (Fsp3) is 0.100. The number of aromatic nitrogens is 2. The number of nitrogens with one attached hydrogen (secondary N) is 2. The van der Waals surface area contributed by atoms with Crippen molar-refractivity contribution in [1.29, 1.82) is 0 Å². The summed E-state index contributed by atoms with van der Waals surface area (Å²) in [7, 11) is 0. The fourth-order valence-corrected chi connectivity index (χ4v) is 2.48. The number of rotatable bonds is 4. The average molecular weight is 346 g/mol. The maximum absolute atomic E-state index is 12.3. The van der Waals surface area contributed by atoms with Crippen molar-refractivity contribution in [3.8, 4) is 0 Å². The summed E-state index contributed by atoms with van der Waals surface area (Å²) in [6.45, 7) is 3.76. The van der Waals surface area contributed by atoms with E-state index in [1.54, 1.807) is 49.1 Å². The lowest BCUT2D eigenvalue weighted by Gasteiger charge is -2.14. The van der Waals surface area contributed by atoms with Crippen LogP contribution >= 0.6 is 0 Å². The van der Waals surface area contributed by atoms with Gasteiger partial charge in [0.15, 0.2) is 0 Å². The van der Waals surface area contributed by atoms with Crippen LogP contribution < -0.4 is 10.6 Å². The molecule has 2 amide bonds. The predicted molar refractivity (Wildman–Crippen MR) is 100 cm³/mol. The molecule has 0 aliphatic rings. The summed E-state index contributed by atoms with van der Waals surface area (Å²) in [6, 6.07) is 10.3. The van der Waals surface area contributed by atoms with Gasteiger partial charge in [0.2, 0.25) is 0 Å². The third-order valence-corrected chi connectivity index (χ3v) is 3.95. The highest BCUT2D eigenvalue weighted by Gasteiger charge is 2.12. The van der Waals surface area contributed by atoms with E-state index in [0.717, 1.165) is 11.1 Å². The van der Waals surface area contributed by atoms with E-state index in [4.69, 9.17) is 0 Å². The van der Waals surface area contributed by atoms with Crippen LogP contribution in [0.1, 0.15) is 31.8 Å². The van der Waals surface area contributed by atoms with Crippen LogP contribution in [-0.2, 0) is 0 Å². The third kappa shape index (κ3) is 3.92. The van der Waals surface area contributed by atoms with Gasteiger partial charge in [0.05, 0.1) is 0 Å². The van der Waals surface area contributed by atoms with Gasteiger partial charge in [0.1, 0.15) is 0 Å². The first-order valence-corrected chi connectivity index (χ1v) is 8.08. The lowest BCUT2D eigenvalue weighted by Crippen LogP contribution is -2.15. The fourth-order valence-electron chi connectivity index (χ4n) is 2.48. The van der Waals surface area contributed by atoms with Crippen molar-refractivity contribution in [2.24, 2.45) is 0 Å². The number of hydrogen-bond donors (Lipinski definition) is 2. The quantitative estimate of drug-likeness (QED) is 0.756. The van der Waals surface area contributed by atoms with E-state index in [0.29, 0.717) is 22.5 Å². The minimum Gasteiger partial charge on any atom is -0.322 e. The van der Waals surface area contributed by atoms with Crippen LogP contribution in [0.3, 0.4) is 0 Å². The molecule has 0 aliphatic heterocycles. The topological polar surface area (TPSA) is 84.0 Å². The van der Waals surface area contributed by atoms with Crippen molar-refractivity contribution in [2.75, 3.05) is 10.6 Å². The van der Waals surface area contributed by atoms with E-state index in [1.165, 1.54) is 0 Å². The molecule has 6 heteroatoms. The highest BCUT2D eigenvalue weighted by atomic mass is 16.2. The Balaban J connectivity index is 1.78. The monoisotopic (exact) mass is 346 g/mol. The summed E-state index contributed by atoms with van der Waals surface area (Å²) >= 11 is 0. The number of carbonyl (C=O) groups is 2. The van der Waals surface area contributed by atoms with Crippen LogP contribution in [0.15, 0.2) is 61.2 Å². The number of aryl methyl sites for hydroxylation is 2. The Morgan fingerprint density at radius 2 is 1.04 bits per heavy atom. The minimum atomic E-state index is -0.205. The van der Waals surface area contributed by atoms with Gasteiger partial charge in [-0.3, -0.25) is 19.6 Å².